The highest BCUT2D eigenvalue weighted by atomic mass is 35.5. The van der Waals surface area contributed by atoms with E-state index in [1.807, 2.05) is 24.4 Å². The molecule has 8 heteroatoms. The highest BCUT2D eigenvalue weighted by Crippen LogP contribution is 2.36. The number of piperidine rings is 1. The molecule has 0 radical (unpaired) electrons. The van der Waals surface area contributed by atoms with Crippen LogP contribution in [0.1, 0.15) is 28.2 Å². The fourth-order valence-corrected chi connectivity index (χ4v) is 6.38. The van der Waals surface area contributed by atoms with Crippen LogP contribution in [-0.4, -0.2) is 38.0 Å². The summed E-state index contributed by atoms with van der Waals surface area (Å²) in [4.78, 5) is 18.7. The zero-order chi connectivity index (χ0) is 21.3. The van der Waals surface area contributed by atoms with Crippen LogP contribution in [0.2, 0.25) is 5.02 Å². The number of rotatable bonds is 5. The van der Waals surface area contributed by atoms with Gasteiger partial charge < -0.3 is 4.90 Å². The molecule has 0 atom stereocenters. The first kappa shape index (κ1) is 21.0. The van der Waals surface area contributed by atoms with E-state index in [-0.39, 0.29) is 0 Å². The number of sulfone groups is 1. The first-order valence-corrected chi connectivity index (χ1v) is 12.5. The normalized spacial score (nSPS) is 15.3. The van der Waals surface area contributed by atoms with Crippen LogP contribution in [0.4, 0.5) is 5.69 Å². The molecule has 2 heterocycles. The van der Waals surface area contributed by atoms with Crippen LogP contribution in [0, 0.1) is 6.92 Å². The lowest BCUT2D eigenvalue weighted by Gasteiger charge is -2.35. The largest absolute Gasteiger partial charge is 0.370 e. The first-order valence-electron chi connectivity index (χ1n) is 9.65. The lowest BCUT2D eigenvalue weighted by molar-refractivity contribution is 0.112. The maximum atomic E-state index is 13.0. The third-order valence-corrected chi connectivity index (χ3v) is 8.73. The van der Waals surface area contributed by atoms with E-state index >= 15 is 0 Å². The van der Waals surface area contributed by atoms with E-state index in [1.54, 1.807) is 41.7 Å². The minimum absolute atomic E-state index is 0.303. The average molecular weight is 461 g/mol. The summed E-state index contributed by atoms with van der Waals surface area (Å²) in [6.07, 6.45) is 1.84. The number of aromatic nitrogens is 1. The molecule has 0 spiro atoms. The lowest BCUT2D eigenvalue weighted by Crippen LogP contribution is -2.40. The van der Waals surface area contributed by atoms with Gasteiger partial charge in [0.2, 0.25) is 0 Å². The van der Waals surface area contributed by atoms with Crippen molar-refractivity contribution in [3.8, 4) is 11.3 Å². The van der Waals surface area contributed by atoms with Crippen molar-refractivity contribution < 1.29 is 13.2 Å². The van der Waals surface area contributed by atoms with E-state index in [0.29, 0.717) is 41.4 Å². The number of benzene rings is 2. The van der Waals surface area contributed by atoms with E-state index < -0.39 is 15.1 Å². The van der Waals surface area contributed by atoms with E-state index in [4.69, 9.17) is 11.6 Å². The van der Waals surface area contributed by atoms with Gasteiger partial charge in [0.1, 0.15) is 0 Å². The van der Waals surface area contributed by atoms with Gasteiger partial charge in [-0.25, -0.2) is 13.4 Å². The molecule has 1 fully saturated rings. The van der Waals surface area contributed by atoms with E-state index in [9.17, 15) is 13.2 Å². The molecule has 0 bridgehead atoms. The first-order chi connectivity index (χ1) is 14.4. The number of halogens is 1. The molecule has 0 saturated carbocycles. The second-order valence-corrected chi connectivity index (χ2v) is 11.0. The third kappa shape index (κ3) is 4.02. The van der Waals surface area contributed by atoms with E-state index in [1.165, 1.54) is 0 Å². The zero-order valence-corrected chi connectivity index (χ0v) is 18.8. The fraction of sp³-hybridized carbons (Fsp3) is 0.273. The SMILES string of the molecule is Cc1nc(-c2cccc(C=O)c2N2CCC(S(=O)(=O)c3ccc(Cl)cc3)CC2)cs1. The molecule has 4 rings (SSSR count). The number of para-hydroxylation sites is 1. The Morgan fingerprint density at radius 2 is 1.83 bits per heavy atom. The number of carbonyl (C=O) groups excluding carboxylic acids is 1. The highest BCUT2D eigenvalue weighted by molar-refractivity contribution is 7.92. The Kier molecular flexibility index (Phi) is 5.95. The number of nitrogens with zero attached hydrogens (tertiary/aromatic N) is 2. The minimum atomic E-state index is -3.42. The van der Waals surface area contributed by atoms with Crippen LogP contribution in [0.5, 0.6) is 0 Å². The van der Waals surface area contributed by atoms with Crippen LogP contribution in [0.15, 0.2) is 52.7 Å². The summed E-state index contributed by atoms with van der Waals surface area (Å²) in [5.74, 6) is 0. The molecular weight excluding hydrogens is 440 g/mol. The Balaban J connectivity index is 1.60. The Morgan fingerprint density at radius 3 is 2.43 bits per heavy atom. The van der Waals surface area contributed by atoms with Crippen molar-refractivity contribution in [2.75, 3.05) is 18.0 Å². The van der Waals surface area contributed by atoms with Crippen LogP contribution >= 0.6 is 22.9 Å². The zero-order valence-electron chi connectivity index (χ0n) is 16.4. The van der Waals surface area contributed by atoms with Crippen molar-refractivity contribution in [1.29, 1.82) is 0 Å². The van der Waals surface area contributed by atoms with Crippen molar-refractivity contribution in [2.45, 2.75) is 29.9 Å². The molecule has 1 saturated heterocycles. The van der Waals surface area contributed by atoms with Gasteiger partial charge in [0.05, 0.1) is 26.5 Å². The van der Waals surface area contributed by atoms with Crippen LogP contribution in [0.3, 0.4) is 0 Å². The summed E-state index contributed by atoms with van der Waals surface area (Å²) in [5.41, 5.74) is 3.17. The van der Waals surface area contributed by atoms with Crippen LogP contribution in [-0.2, 0) is 9.84 Å². The van der Waals surface area contributed by atoms with Crippen molar-refractivity contribution in [2.24, 2.45) is 0 Å². The minimum Gasteiger partial charge on any atom is -0.370 e. The molecule has 2 aromatic carbocycles. The number of hydrogen-bond acceptors (Lipinski definition) is 6. The van der Waals surface area contributed by atoms with Crippen molar-refractivity contribution in [3.05, 3.63) is 63.4 Å². The predicted octanol–water partition coefficient (Wildman–Crippen LogP) is 5.03. The summed E-state index contributed by atoms with van der Waals surface area (Å²) >= 11 is 7.46. The van der Waals surface area contributed by atoms with Gasteiger partial charge in [-0.3, -0.25) is 4.79 Å². The Morgan fingerprint density at radius 1 is 1.13 bits per heavy atom. The van der Waals surface area contributed by atoms with Gasteiger partial charge in [-0.05, 0) is 50.1 Å². The second kappa shape index (κ2) is 8.49. The molecule has 30 heavy (non-hydrogen) atoms. The summed E-state index contributed by atoms with van der Waals surface area (Å²) in [5, 5.41) is 3.00. The molecule has 5 nitrogen and oxygen atoms in total. The van der Waals surface area contributed by atoms with Crippen molar-refractivity contribution >= 4 is 44.7 Å². The molecular formula is C22H21ClN2O3S2. The monoisotopic (exact) mass is 460 g/mol. The summed E-state index contributed by atoms with van der Waals surface area (Å²) < 4.78 is 26.1. The maximum absolute atomic E-state index is 13.0. The molecule has 0 N–H and O–H groups in total. The number of thiazole rings is 1. The topological polar surface area (TPSA) is 67.3 Å². The summed E-state index contributed by atoms with van der Waals surface area (Å²) in [6.45, 7) is 3.06. The molecule has 1 aromatic heterocycles. The maximum Gasteiger partial charge on any atom is 0.181 e. The summed E-state index contributed by atoms with van der Waals surface area (Å²) in [6, 6.07) is 11.9. The number of hydrogen-bond donors (Lipinski definition) is 0. The molecule has 0 unspecified atom stereocenters. The average Bonchev–Trinajstić information content (AvgIpc) is 3.19. The lowest BCUT2D eigenvalue weighted by atomic mass is 10.0. The number of aldehydes is 1. The van der Waals surface area contributed by atoms with Crippen molar-refractivity contribution in [3.63, 3.8) is 0 Å². The Bertz CT molecular complexity index is 1170. The Labute approximate surface area is 185 Å². The van der Waals surface area contributed by atoms with Gasteiger partial charge in [0.15, 0.2) is 16.1 Å². The van der Waals surface area contributed by atoms with Gasteiger partial charge in [-0.15, -0.1) is 11.3 Å². The molecule has 1 aliphatic heterocycles. The van der Waals surface area contributed by atoms with Gasteiger partial charge in [-0.1, -0.05) is 23.7 Å². The molecule has 1 aliphatic rings. The summed E-state index contributed by atoms with van der Waals surface area (Å²) in [7, 11) is -3.42. The number of aryl methyl sites for hydroxylation is 1. The van der Waals surface area contributed by atoms with Crippen LogP contribution in [0.25, 0.3) is 11.3 Å². The molecule has 156 valence electrons. The van der Waals surface area contributed by atoms with Gasteiger partial charge in [-0.2, -0.15) is 0 Å². The van der Waals surface area contributed by atoms with Gasteiger partial charge >= 0.3 is 0 Å². The highest BCUT2D eigenvalue weighted by Gasteiger charge is 2.32. The standard InChI is InChI=1S/C22H21ClN2O3S2/c1-15-24-21(14-29-15)20-4-2-3-16(13-26)22(20)25-11-9-19(10-12-25)30(27,28)18-7-5-17(23)6-8-18/h2-8,13-14,19H,9-12H2,1H3. The van der Waals surface area contributed by atoms with Crippen LogP contribution < -0.4 is 4.90 Å². The van der Waals surface area contributed by atoms with Crippen molar-refractivity contribution in [1.82, 2.24) is 4.98 Å². The molecule has 0 amide bonds. The second-order valence-electron chi connectivity index (χ2n) is 7.30. The van der Waals surface area contributed by atoms with Gasteiger partial charge in [0.25, 0.3) is 0 Å². The Hall–Kier alpha value is -2.22. The van der Waals surface area contributed by atoms with E-state index in [2.05, 4.69) is 9.88 Å². The third-order valence-electron chi connectivity index (χ3n) is 5.43. The quantitative estimate of drug-likeness (QED) is 0.499. The smallest absolute Gasteiger partial charge is 0.181 e. The molecule has 0 aliphatic carbocycles. The van der Waals surface area contributed by atoms with Gasteiger partial charge in [0, 0.05) is 34.6 Å². The number of carbonyl (C=O) groups is 1. The predicted molar refractivity (Wildman–Crippen MR) is 122 cm³/mol. The fourth-order valence-electron chi connectivity index (χ4n) is 3.91. The molecule has 3 aromatic rings. The van der Waals surface area contributed by atoms with E-state index in [0.717, 1.165) is 28.2 Å². The number of anilines is 1.